The zero-order chi connectivity index (χ0) is 16.7. The van der Waals surface area contributed by atoms with E-state index in [4.69, 9.17) is 9.47 Å². The highest BCUT2D eigenvalue weighted by atomic mass is 16.5. The topological polar surface area (TPSA) is 76.7 Å². The fourth-order valence-corrected chi connectivity index (χ4v) is 4.03. The summed E-state index contributed by atoms with van der Waals surface area (Å²) >= 11 is 0. The fraction of sp³-hybridized carbons (Fsp3) is 0.444. The number of nitrogens with one attached hydrogen (secondary N) is 2. The van der Waals surface area contributed by atoms with Gasteiger partial charge in [-0.05, 0) is 24.5 Å². The van der Waals surface area contributed by atoms with Crippen LogP contribution in [0.15, 0.2) is 48.0 Å². The van der Waals surface area contributed by atoms with Crippen molar-refractivity contribution in [1.82, 2.24) is 10.6 Å². The van der Waals surface area contributed by atoms with Crippen molar-refractivity contribution < 1.29 is 19.1 Å². The van der Waals surface area contributed by atoms with Crippen molar-refractivity contribution >= 4 is 11.8 Å². The van der Waals surface area contributed by atoms with Crippen LogP contribution in [0, 0.1) is 23.7 Å². The van der Waals surface area contributed by atoms with Crippen molar-refractivity contribution in [2.45, 2.75) is 12.5 Å². The predicted octanol–water partition coefficient (Wildman–Crippen LogP) is 0.997. The Morgan fingerprint density at radius 3 is 2.83 bits per heavy atom. The minimum Gasteiger partial charge on any atom is -0.493 e. The molecule has 0 aromatic heterocycles. The maximum absolute atomic E-state index is 12.5. The van der Waals surface area contributed by atoms with E-state index in [-0.39, 0.29) is 48.3 Å². The Kier molecular flexibility index (Phi) is 3.67. The highest BCUT2D eigenvalue weighted by Crippen LogP contribution is 2.42. The second kappa shape index (κ2) is 5.85. The molecule has 2 aliphatic carbocycles. The molecule has 0 radical (unpaired) electrons. The highest BCUT2D eigenvalue weighted by molar-refractivity contribution is 5.89. The van der Waals surface area contributed by atoms with Crippen LogP contribution in [0.4, 0.5) is 0 Å². The molecule has 0 spiro atoms. The molecule has 0 aromatic carbocycles. The fourth-order valence-electron chi connectivity index (χ4n) is 4.03. The summed E-state index contributed by atoms with van der Waals surface area (Å²) in [7, 11) is 1.58. The molecule has 2 amide bonds. The van der Waals surface area contributed by atoms with Gasteiger partial charge in [0.1, 0.15) is 5.92 Å². The Bertz CT molecular complexity index is 691. The van der Waals surface area contributed by atoms with Gasteiger partial charge in [-0.1, -0.05) is 24.3 Å². The van der Waals surface area contributed by atoms with Gasteiger partial charge < -0.3 is 20.1 Å². The number of rotatable bonds is 2. The molecule has 1 fully saturated rings. The van der Waals surface area contributed by atoms with Gasteiger partial charge in [-0.15, -0.1) is 0 Å². The average molecular weight is 328 g/mol. The molecule has 2 aliphatic heterocycles. The Balaban J connectivity index is 1.61. The molecule has 5 unspecified atom stereocenters. The van der Waals surface area contributed by atoms with Gasteiger partial charge in [0.05, 0.1) is 13.2 Å². The number of methoxy groups -OCH3 is 1. The average Bonchev–Trinajstić information content (AvgIpc) is 2.60. The Labute approximate surface area is 140 Å². The quantitative estimate of drug-likeness (QED) is 0.742. The van der Waals surface area contributed by atoms with E-state index in [0.29, 0.717) is 11.5 Å². The summed E-state index contributed by atoms with van der Waals surface area (Å²) in [6.07, 6.45) is 12.6. The first kappa shape index (κ1) is 15.1. The van der Waals surface area contributed by atoms with E-state index in [1.807, 2.05) is 24.3 Å². The van der Waals surface area contributed by atoms with Crippen LogP contribution in [-0.4, -0.2) is 31.7 Å². The molecule has 0 aromatic rings. The van der Waals surface area contributed by atoms with Gasteiger partial charge in [0.25, 0.3) is 0 Å². The molecule has 6 heteroatoms. The number of ether oxygens (including phenoxy) is 2. The summed E-state index contributed by atoms with van der Waals surface area (Å²) in [5.74, 6) is 1.28. The first-order valence-corrected chi connectivity index (χ1v) is 8.21. The number of allylic oxidation sites excluding steroid dienone is 3. The van der Waals surface area contributed by atoms with Gasteiger partial charge in [0.15, 0.2) is 18.2 Å². The molecule has 0 bridgehead atoms. The van der Waals surface area contributed by atoms with Crippen LogP contribution in [0.25, 0.3) is 0 Å². The van der Waals surface area contributed by atoms with Gasteiger partial charge in [-0.25, -0.2) is 0 Å². The normalized spacial score (nSPS) is 37.1. The number of hydrogen-bond donors (Lipinski definition) is 2. The second-order valence-electron chi connectivity index (χ2n) is 6.52. The molecule has 5 atom stereocenters. The summed E-state index contributed by atoms with van der Waals surface area (Å²) in [5, 5.41) is 5.74. The summed E-state index contributed by atoms with van der Waals surface area (Å²) in [6.45, 7) is 0.179. The molecule has 126 valence electrons. The SMILES string of the molecule is COC1=C2OCNC(=O)C2C(C2C=CC3NC(=O)C=CC3C2)C=C1. The van der Waals surface area contributed by atoms with Crippen LogP contribution in [0.1, 0.15) is 6.42 Å². The van der Waals surface area contributed by atoms with E-state index >= 15 is 0 Å². The number of fused-ring (bicyclic) bond motifs is 2. The van der Waals surface area contributed by atoms with Crippen LogP contribution in [0.2, 0.25) is 0 Å². The molecule has 0 saturated carbocycles. The number of carbonyl (C=O) groups excluding carboxylic acids is 2. The van der Waals surface area contributed by atoms with Gasteiger partial charge in [-0.2, -0.15) is 0 Å². The molecular formula is C18H20N2O4. The van der Waals surface area contributed by atoms with Crippen LogP contribution >= 0.6 is 0 Å². The van der Waals surface area contributed by atoms with Gasteiger partial charge >= 0.3 is 0 Å². The van der Waals surface area contributed by atoms with Crippen molar-refractivity contribution in [3.63, 3.8) is 0 Å². The van der Waals surface area contributed by atoms with Crippen LogP contribution in [0.3, 0.4) is 0 Å². The van der Waals surface area contributed by atoms with Gasteiger partial charge in [0, 0.05) is 11.8 Å². The van der Waals surface area contributed by atoms with Crippen LogP contribution in [0.5, 0.6) is 0 Å². The van der Waals surface area contributed by atoms with Crippen molar-refractivity contribution in [3.05, 3.63) is 48.0 Å². The molecule has 24 heavy (non-hydrogen) atoms. The molecule has 2 N–H and O–H groups in total. The van der Waals surface area contributed by atoms with Gasteiger partial charge in [0.2, 0.25) is 11.8 Å². The number of hydrogen-bond acceptors (Lipinski definition) is 4. The molecule has 6 nitrogen and oxygen atoms in total. The number of carbonyl (C=O) groups is 2. The molecule has 4 aliphatic rings. The molecule has 2 heterocycles. The standard InChI is InChI=1S/C18H20N2O4/c1-23-14-6-4-12(16-17(14)24-9-19-18(16)22)10-2-5-13-11(8-10)3-7-15(21)20-13/h2-7,10-13,16H,8-9H2,1H3,(H,19,22)(H,20,21). The lowest BCUT2D eigenvalue weighted by Crippen LogP contribution is -2.48. The Morgan fingerprint density at radius 1 is 1.12 bits per heavy atom. The van der Waals surface area contributed by atoms with E-state index in [9.17, 15) is 9.59 Å². The van der Waals surface area contributed by atoms with Gasteiger partial charge in [-0.3, -0.25) is 9.59 Å². The van der Waals surface area contributed by atoms with Crippen LogP contribution < -0.4 is 10.6 Å². The third-order valence-electron chi connectivity index (χ3n) is 5.23. The van der Waals surface area contributed by atoms with Crippen molar-refractivity contribution in [1.29, 1.82) is 0 Å². The minimum absolute atomic E-state index is 0.0161. The first-order valence-electron chi connectivity index (χ1n) is 8.21. The van der Waals surface area contributed by atoms with Crippen LogP contribution in [-0.2, 0) is 19.1 Å². The Hall–Kier alpha value is -2.50. The lowest BCUT2D eigenvalue weighted by Gasteiger charge is -2.40. The monoisotopic (exact) mass is 328 g/mol. The van der Waals surface area contributed by atoms with E-state index < -0.39 is 0 Å². The summed E-state index contributed by atoms with van der Waals surface area (Å²) < 4.78 is 11.0. The largest absolute Gasteiger partial charge is 0.493 e. The van der Waals surface area contributed by atoms with Crippen molar-refractivity contribution in [2.75, 3.05) is 13.8 Å². The summed E-state index contributed by atoms with van der Waals surface area (Å²) in [4.78, 5) is 23.9. The van der Waals surface area contributed by atoms with E-state index in [2.05, 4.69) is 16.7 Å². The predicted molar refractivity (Wildman–Crippen MR) is 86.1 cm³/mol. The minimum atomic E-state index is -0.368. The third kappa shape index (κ3) is 2.42. The number of amides is 2. The smallest absolute Gasteiger partial charge is 0.244 e. The molecule has 4 rings (SSSR count). The second-order valence-corrected chi connectivity index (χ2v) is 6.52. The van der Waals surface area contributed by atoms with E-state index in [1.54, 1.807) is 13.2 Å². The van der Waals surface area contributed by atoms with E-state index in [0.717, 1.165) is 6.42 Å². The first-order chi connectivity index (χ1) is 11.7. The maximum Gasteiger partial charge on any atom is 0.244 e. The zero-order valence-corrected chi connectivity index (χ0v) is 13.4. The Morgan fingerprint density at radius 2 is 2.00 bits per heavy atom. The molecular weight excluding hydrogens is 308 g/mol. The third-order valence-corrected chi connectivity index (χ3v) is 5.23. The van der Waals surface area contributed by atoms with Crippen molar-refractivity contribution in [3.8, 4) is 0 Å². The summed E-state index contributed by atoms with van der Waals surface area (Å²) in [6, 6.07) is 0.0484. The lowest BCUT2D eigenvalue weighted by atomic mass is 9.69. The molecule has 1 saturated heterocycles. The van der Waals surface area contributed by atoms with E-state index in [1.165, 1.54) is 0 Å². The highest BCUT2D eigenvalue weighted by Gasteiger charge is 2.43. The lowest BCUT2D eigenvalue weighted by molar-refractivity contribution is -0.132. The zero-order valence-electron chi connectivity index (χ0n) is 13.4. The van der Waals surface area contributed by atoms with Crippen molar-refractivity contribution in [2.24, 2.45) is 23.7 Å². The summed E-state index contributed by atoms with van der Waals surface area (Å²) in [5.41, 5.74) is 0. The maximum atomic E-state index is 12.5.